The van der Waals surface area contributed by atoms with Crippen LogP contribution in [0.5, 0.6) is 5.88 Å². The van der Waals surface area contributed by atoms with Gasteiger partial charge in [-0.25, -0.2) is 9.97 Å². The molecule has 0 bridgehead atoms. The molecule has 2 N–H and O–H groups in total. The highest BCUT2D eigenvalue weighted by Crippen LogP contribution is 2.28. The summed E-state index contributed by atoms with van der Waals surface area (Å²) in [6, 6.07) is 11.7. The Morgan fingerprint density at radius 1 is 1.08 bits per heavy atom. The van der Waals surface area contributed by atoms with Gasteiger partial charge in [0.2, 0.25) is 11.8 Å². The van der Waals surface area contributed by atoms with E-state index in [9.17, 15) is 0 Å². The first-order chi connectivity index (χ1) is 11.7. The molecule has 0 fully saturated rings. The molecule has 0 saturated carbocycles. The fraction of sp³-hybridized carbons (Fsp3) is 0.176. The predicted octanol–water partition coefficient (Wildman–Crippen LogP) is 2.04. The maximum atomic E-state index is 5.75. The Kier molecular flexibility index (Phi) is 3.45. The minimum absolute atomic E-state index is 0.191. The van der Waals surface area contributed by atoms with E-state index in [1.807, 2.05) is 36.5 Å². The number of hydrogen-bond acceptors (Lipinski definition) is 7. The van der Waals surface area contributed by atoms with Crippen LogP contribution in [-0.2, 0) is 13.1 Å². The summed E-state index contributed by atoms with van der Waals surface area (Å²) < 4.78 is 5.16. The first kappa shape index (κ1) is 14.4. The van der Waals surface area contributed by atoms with Crippen molar-refractivity contribution in [2.75, 3.05) is 17.7 Å². The van der Waals surface area contributed by atoms with Gasteiger partial charge in [0, 0.05) is 29.9 Å². The van der Waals surface area contributed by atoms with Crippen molar-refractivity contribution in [1.29, 1.82) is 0 Å². The van der Waals surface area contributed by atoms with Gasteiger partial charge >= 0.3 is 0 Å². The molecule has 0 saturated heterocycles. The molecule has 0 amide bonds. The van der Waals surface area contributed by atoms with Crippen LogP contribution in [0.3, 0.4) is 0 Å². The lowest BCUT2D eigenvalue weighted by molar-refractivity contribution is 0.397. The third-order valence-corrected chi connectivity index (χ3v) is 3.93. The van der Waals surface area contributed by atoms with E-state index in [2.05, 4.69) is 19.9 Å². The number of anilines is 2. The lowest BCUT2D eigenvalue weighted by atomic mass is 10.2. The summed E-state index contributed by atoms with van der Waals surface area (Å²) in [6.45, 7) is 1.33. The fourth-order valence-corrected chi connectivity index (χ4v) is 2.74. The van der Waals surface area contributed by atoms with E-state index < -0.39 is 0 Å². The van der Waals surface area contributed by atoms with Gasteiger partial charge in [-0.1, -0.05) is 30.3 Å². The molecule has 0 aliphatic carbocycles. The van der Waals surface area contributed by atoms with Gasteiger partial charge in [-0.15, -0.1) is 0 Å². The van der Waals surface area contributed by atoms with Gasteiger partial charge in [0.05, 0.1) is 19.3 Å². The lowest BCUT2D eigenvalue weighted by Crippen LogP contribution is -2.17. The Morgan fingerprint density at radius 3 is 2.71 bits per heavy atom. The van der Waals surface area contributed by atoms with Crippen molar-refractivity contribution in [3.05, 3.63) is 53.9 Å². The molecule has 7 nitrogen and oxygen atoms in total. The Balaban J connectivity index is 1.64. The van der Waals surface area contributed by atoms with E-state index in [4.69, 9.17) is 15.5 Å². The summed E-state index contributed by atoms with van der Waals surface area (Å²) in [7, 11) is 1.56. The highest BCUT2D eigenvalue weighted by Gasteiger charge is 2.23. The van der Waals surface area contributed by atoms with Crippen LogP contribution in [0, 0.1) is 0 Å². The summed E-state index contributed by atoms with van der Waals surface area (Å²) in [5.74, 6) is 2.09. The molecular formula is C17H16N6O. The van der Waals surface area contributed by atoms with Crippen molar-refractivity contribution >= 4 is 11.8 Å². The molecule has 0 unspecified atom stereocenters. The van der Waals surface area contributed by atoms with Crippen molar-refractivity contribution in [3.8, 4) is 17.3 Å². The number of aromatic nitrogens is 4. The second-order valence-electron chi connectivity index (χ2n) is 5.51. The minimum Gasteiger partial charge on any atom is -0.481 e. The Hall–Kier alpha value is -3.22. The zero-order valence-corrected chi connectivity index (χ0v) is 13.2. The molecule has 4 rings (SSSR count). The maximum absolute atomic E-state index is 5.75. The molecule has 1 aliphatic rings. The molecule has 3 aromatic rings. The van der Waals surface area contributed by atoms with Crippen molar-refractivity contribution in [3.63, 3.8) is 0 Å². The summed E-state index contributed by atoms with van der Waals surface area (Å²) in [5.41, 5.74) is 8.85. The molecule has 1 aromatic carbocycles. The van der Waals surface area contributed by atoms with Gasteiger partial charge in [-0.2, -0.15) is 9.97 Å². The van der Waals surface area contributed by atoms with Crippen LogP contribution in [0.1, 0.15) is 11.3 Å². The van der Waals surface area contributed by atoms with E-state index in [0.717, 1.165) is 28.5 Å². The number of fused-ring (bicyclic) bond motifs is 1. The first-order valence-electron chi connectivity index (χ1n) is 7.56. The van der Waals surface area contributed by atoms with Crippen molar-refractivity contribution < 1.29 is 4.74 Å². The average molecular weight is 320 g/mol. The van der Waals surface area contributed by atoms with Crippen molar-refractivity contribution in [2.45, 2.75) is 13.1 Å². The summed E-state index contributed by atoms with van der Waals surface area (Å²) in [6.07, 6.45) is 1.88. The van der Waals surface area contributed by atoms with E-state index in [1.165, 1.54) is 0 Å². The van der Waals surface area contributed by atoms with Gasteiger partial charge in [0.1, 0.15) is 5.82 Å². The van der Waals surface area contributed by atoms with Crippen molar-refractivity contribution in [2.24, 2.45) is 0 Å². The highest BCUT2D eigenvalue weighted by atomic mass is 16.5. The third-order valence-electron chi connectivity index (χ3n) is 3.93. The Bertz CT molecular complexity index is 884. The van der Waals surface area contributed by atoms with Gasteiger partial charge < -0.3 is 15.4 Å². The summed E-state index contributed by atoms with van der Waals surface area (Å²) >= 11 is 0. The molecule has 3 heterocycles. The standard InChI is InChI=1S/C17H16N6O/c1-24-15-7-14(21-17(18)22-15)23-9-12-8-19-16(20-13(12)10-23)11-5-3-2-4-6-11/h2-8H,9-10H2,1H3,(H2,18,21,22). The first-order valence-corrected chi connectivity index (χ1v) is 7.56. The number of methoxy groups -OCH3 is 1. The molecule has 2 aromatic heterocycles. The van der Waals surface area contributed by atoms with Crippen LogP contribution in [0.15, 0.2) is 42.6 Å². The Morgan fingerprint density at radius 2 is 1.92 bits per heavy atom. The quantitative estimate of drug-likeness (QED) is 0.789. The smallest absolute Gasteiger partial charge is 0.225 e. The normalized spacial score (nSPS) is 13.0. The molecule has 7 heteroatoms. The number of nitrogens with two attached hydrogens (primary N) is 1. The largest absolute Gasteiger partial charge is 0.481 e. The highest BCUT2D eigenvalue weighted by molar-refractivity contribution is 5.56. The lowest BCUT2D eigenvalue weighted by Gasteiger charge is -2.16. The van der Waals surface area contributed by atoms with Gasteiger partial charge in [-0.05, 0) is 0 Å². The van der Waals surface area contributed by atoms with Crippen LogP contribution >= 0.6 is 0 Å². The summed E-state index contributed by atoms with van der Waals surface area (Å²) in [5, 5.41) is 0. The molecular weight excluding hydrogens is 304 g/mol. The second kappa shape index (κ2) is 5.77. The molecule has 1 aliphatic heterocycles. The van der Waals surface area contributed by atoms with Gasteiger partial charge in [-0.3, -0.25) is 0 Å². The SMILES string of the molecule is COc1cc(N2Cc3cnc(-c4ccccc4)nc3C2)nc(N)n1. The number of nitrogen functional groups attached to an aromatic ring is 1. The second-order valence-corrected chi connectivity index (χ2v) is 5.51. The van der Waals surface area contributed by atoms with Crippen LogP contribution in [0.25, 0.3) is 11.4 Å². The maximum Gasteiger partial charge on any atom is 0.225 e. The number of rotatable bonds is 3. The van der Waals surface area contributed by atoms with Crippen LogP contribution in [-0.4, -0.2) is 27.0 Å². The number of ether oxygens (including phenoxy) is 1. The molecule has 0 atom stereocenters. The average Bonchev–Trinajstić information content (AvgIpc) is 3.05. The van der Waals surface area contributed by atoms with E-state index in [1.54, 1.807) is 13.2 Å². The van der Waals surface area contributed by atoms with E-state index in [-0.39, 0.29) is 5.95 Å². The number of benzene rings is 1. The Labute approximate surface area is 139 Å². The van der Waals surface area contributed by atoms with Gasteiger partial charge in [0.15, 0.2) is 5.82 Å². The van der Waals surface area contributed by atoms with Crippen LogP contribution in [0.4, 0.5) is 11.8 Å². The number of nitrogens with zero attached hydrogens (tertiary/aromatic N) is 5. The molecule has 24 heavy (non-hydrogen) atoms. The molecule has 120 valence electrons. The molecule has 0 radical (unpaired) electrons. The topological polar surface area (TPSA) is 90.0 Å². The zero-order valence-electron chi connectivity index (χ0n) is 13.2. The van der Waals surface area contributed by atoms with E-state index in [0.29, 0.717) is 19.0 Å². The number of hydrogen-bond donors (Lipinski definition) is 1. The van der Waals surface area contributed by atoms with Crippen LogP contribution in [0.2, 0.25) is 0 Å². The predicted molar refractivity (Wildman–Crippen MR) is 90.4 cm³/mol. The fourth-order valence-electron chi connectivity index (χ4n) is 2.74. The van der Waals surface area contributed by atoms with E-state index >= 15 is 0 Å². The third kappa shape index (κ3) is 2.60. The minimum atomic E-state index is 0.191. The zero-order chi connectivity index (χ0) is 16.5. The van der Waals surface area contributed by atoms with Crippen LogP contribution < -0.4 is 15.4 Å². The van der Waals surface area contributed by atoms with Crippen molar-refractivity contribution in [1.82, 2.24) is 19.9 Å². The van der Waals surface area contributed by atoms with Gasteiger partial charge in [0.25, 0.3) is 0 Å². The monoisotopic (exact) mass is 320 g/mol. The summed E-state index contributed by atoms with van der Waals surface area (Å²) in [4.78, 5) is 19.6. The molecule has 0 spiro atoms.